The van der Waals surface area contributed by atoms with Gasteiger partial charge in [-0.2, -0.15) is 5.10 Å². The molecule has 0 atom stereocenters. The summed E-state index contributed by atoms with van der Waals surface area (Å²) in [4.78, 5) is 11.9. The molecular formula is C18H18Br2N2O5. The number of benzene rings is 2. The van der Waals surface area contributed by atoms with Crippen molar-refractivity contribution in [2.75, 3.05) is 27.9 Å². The van der Waals surface area contributed by atoms with E-state index in [2.05, 4.69) is 42.4 Å². The third-order valence-electron chi connectivity index (χ3n) is 3.34. The fraction of sp³-hybridized carbons (Fsp3) is 0.222. The van der Waals surface area contributed by atoms with Gasteiger partial charge in [-0.15, -0.1) is 0 Å². The zero-order valence-corrected chi connectivity index (χ0v) is 18.1. The highest BCUT2D eigenvalue weighted by Gasteiger charge is 2.12. The lowest BCUT2D eigenvalue weighted by molar-refractivity contribution is -0.123. The second-order valence-corrected chi connectivity index (χ2v) is 6.89. The van der Waals surface area contributed by atoms with E-state index in [4.69, 9.17) is 18.9 Å². The van der Waals surface area contributed by atoms with Crippen molar-refractivity contribution in [2.24, 2.45) is 5.10 Å². The number of carbonyl (C=O) groups is 1. The molecule has 0 radical (unpaired) electrons. The van der Waals surface area contributed by atoms with Gasteiger partial charge in [-0.1, -0.05) is 15.9 Å². The minimum Gasteiger partial charge on any atom is -0.493 e. The van der Waals surface area contributed by atoms with Crippen molar-refractivity contribution in [2.45, 2.75) is 0 Å². The van der Waals surface area contributed by atoms with Gasteiger partial charge in [0.1, 0.15) is 5.75 Å². The molecular weight excluding hydrogens is 484 g/mol. The van der Waals surface area contributed by atoms with Crippen LogP contribution < -0.4 is 24.4 Å². The number of amides is 1. The van der Waals surface area contributed by atoms with Crippen LogP contribution in [0.2, 0.25) is 0 Å². The minimum absolute atomic E-state index is 0.174. The van der Waals surface area contributed by atoms with E-state index in [1.807, 2.05) is 12.1 Å². The Morgan fingerprint density at radius 3 is 2.26 bits per heavy atom. The van der Waals surface area contributed by atoms with Crippen molar-refractivity contribution in [3.05, 3.63) is 44.8 Å². The molecule has 0 aliphatic carbocycles. The predicted octanol–water partition coefficient (Wildman–Crippen LogP) is 3.77. The maximum atomic E-state index is 11.9. The highest BCUT2D eigenvalue weighted by atomic mass is 79.9. The fourth-order valence-corrected chi connectivity index (χ4v) is 3.28. The summed E-state index contributed by atoms with van der Waals surface area (Å²) in [5.74, 6) is 1.63. The molecule has 0 fully saturated rings. The Hall–Kier alpha value is -2.26. The molecule has 0 aliphatic heterocycles. The number of halogens is 2. The average Bonchev–Trinajstić information content (AvgIpc) is 2.66. The lowest BCUT2D eigenvalue weighted by Gasteiger charge is -2.12. The van der Waals surface area contributed by atoms with Gasteiger partial charge >= 0.3 is 0 Å². The highest BCUT2D eigenvalue weighted by molar-refractivity contribution is 9.11. The third kappa shape index (κ3) is 5.86. The van der Waals surface area contributed by atoms with Crippen LogP contribution in [0.3, 0.4) is 0 Å². The Labute approximate surface area is 173 Å². The van der Waals surface area contributed by atoms with Gasteiger partial charge < -0.3 is 18.9 Å². The summed E-state index contributed by atoms with van der Waals surface area (Å²) in [5, 5.41) is 3.92. The molecule has 1 N–H and O–H groups in total. The maximum absolute atomic E-state index is 11.9. The third-order valence-corrected chi connectivity index (χ3v) is 4.46. The van der Waals surface area contributed by atoms with Crippen LogP contribution in [0.15, 0.2) is 44.4 Å². The molecule has 0 saturated heterocycles. The summed E-state index contributed by atoms with van der Waals surface area (Å²) in [7, 11) is 4.58. The molecule has 0 aliphatic rings. The van der Waals surface area contributed by atoms with Gasteiger partial charge in [-0.25, -0.2) is 5.43 Å². The van der Waals surface area contributed by atoms with E-state index in [-0.39, 0.29) is 6.61 Å². The van der Waals surface area contributed by atoms with Crippen LogP contribution in [-0.2, 0) is 4.79 Å². The number of methoxy groups -OCH3 is 3. The number of ether oxygens (including phenoxy) is 4. The number of carbonyl (C=O) groups excluding carboxylic acids is 1. The Kier molecular flexibility index (Phi) is 7.93. The van der Waals surface area contributed by atoms with Crippen LogP contribution in [0.1, 0.15) is 5.56 Å². The van der Waals surface area contributed by atoms with E-state index >= 15 is 0 Å². The quantitative estimate of drug-likeness (QED) is 0.440. The molecule has 2 aromatic carbocycles. The van der Waals surface area contributed by atoms with E-state index < -0.39 is 5.91 Å². The molecule has 144 valence electrons. The molecule has 0 saturated carbocycles. The predicted molar refractivity (Wildman–Crippen MR) is 109 cm³/mol. The summed E-state index contributed by atoms with van der Waals surface area (Å²) in [6.07, 6.45) is 1.47. The van der Waals surface area contributed by atoms with Crippen molar-refractivity contribution in [3.63, 3.8) is 0 Å². The fourth-order valence-electron chi connectivity index (χ4n) is 2.12. The second-order valence-electron chi connectivity index (χ2n) is 5.12. The minimum atomic E-state index is -0.395. The van der Waals surface area contributed by atoms with E-state index in [0.29, 0.717) is 28.6 Å². The van der Waals surface area contributed by atoms with Gasteiger partial charge in [-0.05, 0) is 46.3 Å². The van der Waals surface area contributed by atoms with Gasteiger partial charge in [0.15, 0.2) is 18.1 Å². The van der Waals surface area contributed by atoms with Crippen LogP contribution in [0, 0.1) is 0 Å². The standard InChI is InChI=1S/C18H18Br2N2O5/c1-24-15-6-11(7-16(25-2)18(15)26-3)9-21-22-17(23)10-27-14-5-4-12(19)8-13(14)20/h4-9H,10H2,1-3H3,(H,22,23). The topological polar surface area (TPSA) is 78.4 Å². The van der Waals surface area contributed by atoms with Crippen LogP contribution in [0.25, 0.3) is 0 Å². The molecule has 9 heteroatoms. The monoisotopic (exact) mass is 500 g/mol. The molecule has 2 rings (SSSR count). The van der Waals surface area contributed by atoms with Gasteiger partial charge in [-0.3, -0.25) is 4.79 Å². The normalized spacial score (nSPS) is 10.6. The number of hydrogen-bond acceptors (Lipinski definition) is 6. The zero-order valence-electron chi connectivity index (χ0n) is 14.9. The van der Waals surface area contributed by atoms with E-state index in [0.717, 1.165) is 8.95 Å². The Bertz CT molecular complexity index is 817. The largest absolute Gasteiger partial charge is 0.493 e. The van der Waals surface area contributed by atoms with Gasteiger partial charge in [0.2, 0.25) is 5.75 Å². The van der Waals surface area contributed by atoms with Crippen molar-refractivity contribution in [3.8, 4) is 23.0 Å². The molecule has 7 nitrogen and oxygen atoms in total. The molecule has 0 bridgehead atoms. The van der Waals surface area contributed by atoms with Crippen molar-refractivity contribution >= 4 is 44.0 Å². The van der Waals surface area contributed by atoms with Gasteiger partial charge in [0, 0.05) is 10.0 Å². The first-order valence-electron chi connectivity index (χ1n) is 7.68. The van der Waals surface area contributed by atoms with Gasteiger partial charge in [0.05, 0.1) is 32.0 Å². The first-order valence-corrected chi connectivity index (χ1v) is 9.26. The van der Waals surface area contributed by atoms with Gasteiger partial charge in [0.25, 0.3) is 5.91 Å². The Morgan fingerprint density at radius 2 is 1.70 bits per heavy atom. The van der Waals surface area contributed by atoms with E-state index in [1.54, 1.807) is 18.2 Å². The number of hydrogen-bond donors (Lipinski definition) is 1. The number of nitrogens with zero attached hydrogens (tertiary/aromatic N) is 1. The lowest BCUT2D eigenvalue weighted by Crippen LogP contribution is -2.24. The Morgan fingerprint density at radius 1 is 1.04 bits per heavy atom. The number of hydrazone groups is 1. The smallest absolute Gasteiger partial charge is 0.277 e. The van der Waals surface area contributed by atoms with E-state index in [1.165, 1.54) is 27.5 Å². The molecule has 0 heterocycles. The lowest BCUT2D eigenvalue weighted by atomic mass is 10.2. The first kappa shape index (κ1) is 21.0. The molecule has 0 spiro atoms. The molecule has 0 aromatic heterocycles. The summed E-state index contributed by atoms with van der Waals surface area (Å²) >= 11 is 6.72. The molecule has 27 heavy (non-hydrogen) atoms. The highest BCUT2D eigenvalue weighted by Crippen LogP contribution is 2.37. The molecule has 1 amide bonds. The van der Waals surface area contributed by atoms with E-state index in [9.17, 15) is 4.79 Å². The average molecular weight is 502 g/mol. The number of rotatable bonds is 8. The number of nitrogens with one attached hydrogen (secondary N) is 1. The first-order chi connectivity index (χ1) is 13.0. The van der Waals surface area contributed by atoms with Crippen molar-refractivity contribution in [1.29, 1.82) is 0 Å². The summed E-state index contributed by atoms with van der Waals surface area (Å²) in [6.45, 7) is -0.174. The van der Waals surface area contributed by atoms with Crippen LogP contribution in [0.5, 0.6) is 23.0 Å². The molecule has 2 aromatic rings. The van der Waals surface area contributed by atoms with Crippen molar-refractivity contribution in [1.82, 2.24) is 5.43 Å². The maximum Gasteiger partial charge on any atom is 0.277 e. The van der Waals surface area contributed by atoms with Crippen LogP contribution in [0.4, 0.5) is 0 Å². The second kappa shape index (κ2) is 10.2. The zero-order chi connectivity index (χ0) is 19.8. The van der Waals surface area contributed by atoms with Crippen LogP contribution in [-0.4, -0.2) is 40.1 Å². The SMILES string of the molecule is COc1cc(C=NNC(=O)COc2ccc(Br)cc2Br)cc(OC)c1OC. The summed E-state index contributed by atoms with van der Waals surface area (Å²) in [6, 6.07) is 8.83. The van der Waals surface area contributed by atoms with Crippen LogP contribution >= 0.6 is 31.9 Å². The Balaban J connectivity index is 1.97. The molecule has 0 unspecified atom stereocenters. The van der Waals surface area contributed by atoms with Crippen molar-refractivity contribution < 1.29 is 23.7 Å². The summed E-state index contributed by atoms with van der Waals surface area (Å²) in [5.41, 5.74) is 3.07. The summed E-state index contributed by atoms with van der Waals surface area (Å²) < 4.78 is 22.9.